The lowest BCUT2D eigenvalue weighted by Crippen LogP contribution is -2.52. The number of piperidine rings is 1. The third-order valence-electron chi connectivity index (χ3n) is 6.11. The van der Waals surface area contributed by atoms with Gasteiger partial charge in [-0.15, -0.1) is 0 Å². The zero-order chi connectivity index (χ0) is 26.2. The summed E-state index contributed by atoms with van der Waals surface area (Å²) >= 11 is 6.18. The van der Waals surface area contributed by atoms with Crippen molar-refractivity contribution in [2.45, 2.75) is 59.5 Å². The van der Waals surface area contributed by atoms with Crippen molar-refractivity contribution in [2.24, 2.45) is 5.41 Å². The number of amides is 2. The molecule has 0 aromatic heterocycles. The molecule has 1 heterocycles. The van der Waals surface area contributed by atoms with Gasteiger partial charge in [-0.2, -0.15) is 4.31 Å². The second kappa shape index (κ2) is 13.0. The van der Waals surface area contributed by atoms with Crippen molar-refractivity contribution in [3.63, 3.8) is 0 Å². The van der Waals surface area contributed by atoms with Crippen LogP contribution in [0.5, 0.6) is 0 Å². The highest BCUT2D eigenvalue weighted by molar-refractivity contribution is 7.89. The Bertz CT molecular complexity index is 956. The summed E-state index contributed by atoms with van der Waals surface area (Å²) in [6, 6.07) is 7.22. The first-order valence-electron chi connectivity index (χ1n) is 12.2. The van der Waals surface area contributed by atoms with Crippen LogP contribution >= 0.6 is 11.6 Å². The fourth-order valence-electron chi connectivity index (χ4n) is 4.25. The standard InChI is InChI=1S/C25H40ClN3O5S/c1-6-16-35(32,33)28(14-15-34-5)19-23(30)29(18-20-8-7-9-21(26)17-20)22-10-12-27(13-11-22)24(31)25(2,3)4/h7-9,17,22H,6,10-16,18-19H2,1-5H3. The van der Waals surface area contributed by atoms with E-state index in [0.29, 0.717) is 43.9 Å². The summed E-state index contributed by atoms with van der Waals surface area (Å²) in [5, 5.41) is 0.577. The summed E-state index contributed by atoms with van der Waals surface area (Å²) in [5.41, 5.74) is 0.414. The fraction of sp³-hybridized carbons (Fsp3) is 0.680. The number of hydrogen-bond acceptors (Lipinski definition) is 5. The molecule has 0 atom stereocenters. The van der Waals surface area contributed by atoms with Gasteiger partial charge in [-0.3, -0.25) is 9.59 Å². The molecule has 1 aliphatic heterocycles. The van der Waals surface area contributed by atoms with Gasteiger partial charge < -0.3 is 14.5 Å². The molecule has 1 aromatic carbocycles. The van der Waals surface area contributed by atoms with Crippen LogP contribution < -0.4 is 0 Å². The van der Waals surface area contributed by atoms with Crippen molar-refractivity contribution in [3.05, 3.63) is 34.9 Å². The SMILES string of the molecule is CCCS(=O)(=O)N(CCOC)CC(=O)N(Cc1cccc(Cl)c1)C1CCN(C(=O)C(C)(C)C)CC1. The lowest BCUT2D eigenvalue weighted by molar-refractivity contribution is -0.142. The van der Waals surface area contributed by atoms with Crippen LogP contribution in [0.1, 0.15) is 52.5 Å². The van der Waals surface area contributed by atoms with E-state index in [1.54, 1.807) is 17.9 Å². The van der Waals surface area contributed by atoms with Crippen LogP contribution in [0.25, 0.3) is 0 Å². The monoisotopic (exact) mass is 529 g/mol. The van der Waals surface area contributed by atoms with Crippen molar-refractivity contribution in [2.75, 3.05) is 45.6 Å². The minimum atomic E-state index is -3.59. The Balaban J connectivity index is 2.25. The molecule has 1 aromatic rings. The fourth-order valence-corrected chi connectivity index (χ4v) is 5.89. The van der Waals surface area contributed by atoms with E-state index >= 15 is 0 Å². The van der Waals surface area contributed by atoms with Crippen LogP contribution in [0.2, 0.25) is 5.02 Å². The Kier molecular flexibility index (Phi) is 11.0. The zero-order valence-corrected chi connectivity index (χ0v) is 23.2. The predicted molar refractivity (Wildman–Crippen MR) is 139 cm³/mol. The number of carbonyl (C=O) groups is 2. The number of carbonyl (C=O) groups excluding carboxylic acids is 2. The minimum Gasteiger partial charge on any atom is -0.383 e. The Morgan fingerprint density at radius 3 is 2.40 bits per heavy atom. The van der Waals surface area contributed by atoms with Crippen LogP contribution in [0, 0.1) is 5.41 Å². The van der Waals surface area contributed by atoms with Crippen LogP contribution in [-0.2, 0) is 30.9 Å². The van der Waals surface area contributed by atoms with Crippen LogP contribution in [0.4, 0.5) is 0 Å². The molecule has 0 aliphatic carbocycles. The molecule has 198 valence electrons. The lowest BCUT2D eigenvalue weighted by Gasteiger charge is -2.41. The number of sulfonamides is 1. The maximum Gasteiger partial charge on any atom is 0.238 e. The molecule has 0 radical (unpaired) electrons. The van der Waals surface area contributed by atoms with Crippen molar-refractivity contribution in [1.82, 2.24) is 14.1 Å². The number of benzene rings is 1. The van der Waals surface area contributed by atoms with Crippen LogP contribution in [0.3, 0.4) is 0 Å². The topological polar surface area (TPSA) is 87.2 Å². The Morgan fingerprint density at radius 1 is 1.20 bits per heavy atom. The van der Waals surface area contributed by atoms with Gasteiger partial charge in [-0.25, -0.2) is 8.42 Å². The van der Waals surface area contributed by atoms with E-state index in [9.17, 15) is 18.0 Å². The number of halogens is 1. The molecule has 1 fully saturated rings. The number of nitrogens with zero attached hydrogens (tertiary/aromatic N) is 3. The van der Waals surface area contributed by atoms with Gasteiger partial charge in [0, 0.05) is 49.8 Å². The van der Waals surface area contributed by atoms with Crippen LogP contribution in [-0.4, -0.2) is 86.0 Å². The number of ether oxygens (including phenoxy) is 1. The maximum absolute atomic E-state index is 13.6. The molecule has 35 heavy (non-hydrogen) atoms. The highest BCUT2D eigenvalue weighted by Gasteiger charge is 2.35. The molecule has 1 saturated heterocycles. The van der Waals surface area contributed by atoms with Crippen molar-refractivity contribution < 1.29 is 22.7 Å². The van der Waals surface area contributed by atoms with Gasteiger partial charge in [0.15, 0.2) is 0 Å². The smallest absolute Gasteiger partial charge is 0.238 e. The van der Waals surface area contributed by atoms with Gasteiger partial charge in [0.1, 0.15) is 0 Å². The van der Waals surface area contributed by atoms with E-state index in [1.807, 2.05) is 43.9 Å². The highest BCUT2D eigenvalue weighted by atomic mass is 35.5. The van der Waals surface area contributed by atoms with Gasteiger partial charge in [0.2, 0.25) is 21.8 Å². The summed E-state index contributed by atoms with van der Waals surface area (Å²) in [7, 11) is -2.08. The lowest BCUT2D eigenvalue weighted by atomic mass is 9.92. The molecule has 0 unspecified atom stereocenters. The van der Waals surface area contributed by atoms with Crippen LogP contribution in [0.15, 0.2) is 24.3 Å². The van der Waals surface area contributed by atoms with E-state index < -0.39 is 15.4 Å². The Hall–Kier alpha value is -1.68. The van der Waals surface area contributed by atoms with E-state index in [1.165, 1.54) is 11.4 Å². The molecule has 1 aliphatic rings. The molecular formula is C25H40ClN3O5S. The van der Waals surface area contributed by atoms with Gasteiger partial charge in [-0.1, -0.05) is 51.4 Å². The summed E-state index contributed by atoms with van der Waals surface area (Å²) in [5.74, 6) is -0.188. The van der Waals surface area contributed by atoms with Crippen molar-refractivity contribution in [1.29, 1.82) is 0 Å². The first-order chi connectivity index (χ1) is 16.4. The molecule has 0 saturated carbocycles. The molecule has 0 spiro atoms. The average molecular weight is 530 g/mol. The molecule has 0 bridgehead atoms. The molecule has 2 amide bonds. The normalized spacial score (nSPS) is 15.5. The summed E-state index contributed by atoms with van der Waals surface area (Å²) in [4.78, 5) is 29.9. The van der Waals surface area contributed by atoms with E-state index in [-0.39, 0.29) is 43.3 Å². The van der Waals surface area contributed by atoms with Gasteiger partial charge in [-0.05, 0) is 37.0 Å². The summed E-state index contributed by atoms with van der Waals surface area (Å²) < 4.78 is 32.0. The third kappa shape index (κ3) is 8.74. The highest BCUT2D eigenvalue weighted by Crippen LogP contribution is 2.25. The predicted octanol–water partition coefficient (Wildman–Crippen LogP) is 3.39. The molecular weight excluding hydrogens is 490 g/mol. The van der Waals surface area contributed by atoms with Crippen molar-refractivity contribution >= 4 is 33.4 Å². The largest absolute Gasteiger partial charge is 0.383 e. The minimum absolute atomic E-state index is 0.0222. The number of rotatable bonds is 11. The average Bonchev–Trinajstić information content (AvgIpc) is 2.79. The number of likely N-dealkylation sites (tertiary alicyclic amines) is 1. The molecule has 8 nitrogen and oxygen atoms in total. The van der Waals surface area contributed by atoms with E-state index in [0.717, 1.165) is 5.56 Å². The first kappa shape index (κ1) is 29.5. The second-order valence-electron chi connectivity index (χ2n) is 10.1. The number of hydrogen-bond donors (Lipinski definition) is 0. The Morgan fingerprint density at radius 2 is 1.86 bits per heavy atom. The molecule has 2 rings (SSSR count). The van der Waals surface area contributed by atoms with E-state index in [4.69, 9.17) is 16.3 Å². The molecule has 10 heteroatoms. The maximum atomic E-state index is 13.6. The van der Waals surface area contributed by atoms with Crippen molar-refractivity contribution in [3.8, 4) is 0 Å². The van der Waals surface area contributed by atoms with Gasteiger partial charge >= 0.3 is 0 Å². The quantitative estimate of drug-likeness (QED) is 0.438. The summed E-state index contributed by atoms with van der Waals surface area (Å²) in [6.07, 6.45) is 1.73. The Labute approximate surface area is 215 Å². The van der Waals surface area contributed by atoms with Gasteiger partial charge in [0.25, 0.3) is 0 Å². The summed E-state index contributed by atoms with van der Waals surface area (Å²) in [6.45, 7) is 9.03. The first-order valence-corrected chi connectivity index (χ1v) is 14.2. The second-order valence-corrected chi connectivity index (χ2v) is 12.6. The third-order valence-corrected chi connectivity index (χ3v) is 8.37. The number of methoxy groups -OCH3 is 1. The zero-order valence-electron chi connectivity index (χ0n) is 21.6. The van der Waals surface area contributed by atoms with Gasteiger partial charge in [0.05, 0.1) is 18.9 Å². The van der Waals surface area contributed by atoms with E-state index in [2.05, 4.69) is 0 Å². The molecule has 0 N–H and O–H groups in total.